The van der Waals surface area contributed by atoms with E-state index in [9.17, 15) is 9.59 Å². The second-order valence-electron chi connectivity index (χ2n) is 6.30. The number of nitrogens with one attached hydrogen (secondary N) is 2. The lowest BCUT2D eigenvalue weighted by Crippen LogP contribution is -2.22. The van der Waals surface area contributed by atoms with Crippen LogP contribution in [0.3, 0.4) is 0 Å². The van der Waals surface area contributed by atoms with Gasteiger partial charge in [0.25, 0.3) is 0 Å². The van der Waals surface area contributed by atoms with Gasteiger partial charge < -0.3 is 18.9 Å². The molecule has 2 N–H and O–H groups in total. The Morgan fingerprint density at radius 1 is 0.719 bits per heavy atom. The normalized spacial score (nSPS) is 10.8. The van der Waals surface area contributed by atoms with Crippen LogP contribution in [0, 0.1) is 0 Å². The Balaban J connectivity index is 1.79. The van der Waals surface area contributed by atoms with Crippen LogP contribution in [-0.4, -0.2) is 52.7 Å². The van der Waals surface area contributed by atoms with Crippen LogP contribution in [0.25, 0.3) is 0 Å². The number of rotatable bonds is 11. The number of amides is 2. The summed E-state index contributed by atoms with van der Waals surface area (Å²) in [5.41, 5.74) is 6.07. The molecule has 0 bridgehead atoms. The summed E-state index contributed by atoms with van der Waals surface area (Å²) >= 11 is 0. The van der Waals surface area contributed by atoms with Gasteiger partial charge in [-0.3, -0.25) is 9.59 Å². The second kappa shape index (κ2) is 12.6. The lowest BCUT2D eigenvalue weighted by Gasteiger charge is -2.07. The van der Waals surface area contributed by atoms with E-state index in [0.717, 1.165) is 0 Å². The van der Waals surface area contributed by atoms with Crippen molar-refractivity contribution in [1.82, 2.24) is 10.9 Å². The molecule has 32 heavy (non-hydrogen) atoms. The van der Waals surface area contributed by atoms with E-state index in [-0.39, 0.29) is 12.8 Å². The average Bonchev–Trinajstić information content (AvgIpc) is 2.82. The van der Waals surface area contributed by atoms with Gasteiger partial charge in [-0.1, -0.05) is 0 Å². The minimum Gasteiger partial charge on any atom is -0.497 e. The van der Waals surface area contributed by atoms with Gasteiger partial charge in [0, 0.05) is 36.1 Å². The van der Waals surface area contributed by atoms with Crippen molar-refractivity contribution < 1.29 is 28.5 Å². The molecule has 0 atom stereocenters. The molecule has 0 radical (unpaired) electrons. The Bertz CT molecular complexity index is 911. The number of hydrogen-bond acceptors (Lipinski definition) is 8. The fourth-order valence-electron chi connectivity index (χ4n) is 2.54. The van der Waals surface area contributed by atoms with Crippen molar-refractivity contribution in [3.63, 3.8) is 0 Å². The molecule has 0 saturated heterocycles. The van der Waals surface area contributed by atoms with Crippen LogP contribution in [0.2, 0.25) is 0 Å². The number of carbonyl (C=O) groups is 2. The monoisotopic (exact) mass is 442 g/mol. The number of benzene rings is 2. The van der Waals surface area contributed by atoms with Gasteiger partial charge >= 0.3 is 0 Å². The first-order chi connectivity index (χ1) is 15.5. The molecule has 10 nitrogen and oxygen atoms in total. The number of hydrazone groups is 2. The van der Waals surface area contributed by atoms with Crippen LogP contribution in [0.15, 0.2) is 46.6 Å². The molecule has 2 rings (SSSR count). The summed E-state index contributed by atoms with van der Waals surface area (Å²) in [6.07, 6.45) is 2.79. The molecular formula is C22H26N4O6. The van der Waals surface area contributed by atoms with Crippen LogP contribution >= 0.6 is 0 Å². The average molecular weight is 442 g/mol. The zero-order valence-electron chi connectivity index (χ0n) is 18.4. The summed E-state index contributed by atoms with van der Waals surface area (Å²) in [5.74, 6) is 1.56. The first kappa shape index (κ1) is 24.2. The molecule has 0 aliphatic carbocycles. The molecular weight excluding hydrogens is 416 g/mol. The lowest BCUT2D eigenvalue weighted by atomic mass is 10.2. The molecule has 2 aromatic rings. The van der Waals surface area contributed by atoms with E-state index in [2.05, 4.69) is 21.1 Å². The topological polar surface area (TPSA) is 120 Å². The summed E-state index contributed by atoms with van der Waals surface area (Å²) in [5, 5.41) is 7.78. The van der Waals surface area contributed by atoms with E-state index in [1.165, 1.54) is 26.6 Å². The highest BCUT2D eigenvalue weighted by Gasteiger charge is 2.07. The third kappa shape index (κ3) is 7.31. The fraction of sp³-hybridized carbons (Fsp3) is 0.273. The second-order valence-corrected chi connectivity index (χ2v) is 6.30. The van der Waals surface area contributed by atoms with E-state index in [1.54, 1.807) is 50.6 Å². The smallest absolute Gasteiger partial charge is 0.240 e. The fourth-order valence-corrected chi connectivity index (χ4v) is 2.54. The quantitative estimate of drug-likeness (QED) is 0.406. The van der Waals surface area contributed by atoms with Crippen LogP contribution in [0.5, 0.6) is 23.0 Å². The van der Waals surface area contributed by atoms with Crippen molar-refractivity contribution in [2.24, 2.45) is 10.2 Å². The van der Waals surface area contributed by atoms with Crippen LogP contribution in [0.4, 0.5) is 0 Å². The summed E-state index contributed by atoms with van der Waals surface area (Å²) < 4.78 is 20.8. The van der Waals surface area contributed by atoms with Gasteiger partial charge in [0.2, 0.25) is 11.8 Å². The molecule has 0 aliphatic heterocycles. The van der Waals surface area contributed by atoms with Gasteiger partial charge in [-0.15, -0.1) is 0 Å². The molecule has 0 unspecified atom stereocenters. The lowest BCUT2D eigenvalue weighted by molar-refractivity contribution is -0.126. The minimum absolute atomic E-state index is 0.0513. The Labute approximate surface area is 186 Å². The van der Waals surface area contributed by atoms with E-state index in [4.69, 9.17) is 18.9 Å². The van der Waals surface area contributed by atoms with Gasteiger partial charge in [0.15, 0.2) is 0 Å². The highest BCUT2D eigenvalue weighted by molar-refractivity contribution is 5.88. The summed E-state index contributed by atoms with van der Waals surface area (Å²) in [7, 11) is 6.16. The molecule has 10 heteroatoms. The predicted molar refractivity (Wildman–Crippen MR) is 120 cm³/mol. The van der Waals surface area contributed by atoms with E-state index < -0.39 is 11.8 Å². The number of methoxy groups -OCH3 is 4. The van der Waals surface area contributed by atoms with Crippen molar-refractivity contribution in [3.8, 4) is 23.0 Å². The molecule has 170 valence electrons. The van der Waals surface area contributed by atoms with Gasteiger partial charge in [-0.2, -0.15) is 10.2 Å². The van der Waals surface area contributed by atoms with Crippen LogP contribution in [0.1, 0.15) is 24.0 Å². The maximum Gasteiger partial charge on any atom is 0.240 e. The molecule has 0 aliphatic rings. The number of nitrogens with zero attached hydrogens (tertiary/aromatic N) is 2. The molecule has 0 spiro atoms. The zero-order chi connectivity index (χ0) is 23.3. The van der Waals surface area contributed by atoms with E-state index in [1.807, 2.05) is 0 Å². The van der Waals surface area contributed by atoms with Crippen molar-refractivity contribution in [2.75, 3.05) is 28.4 Å². The Morgan fingerprint density at radius 2 is 1.12 bits per heavy atom. The molecule has 0 fully saturated rings. The molecule has 2 aromatic carbocycles. The SMILES string of the molecule is COc1ccc(/C=N/NC(=O)CCC(=O)N/N=C/c2ccc(OC)cc2OC)c(OC)c1. The van der Waals surface area contributed by atoms with Gasteiger partial charge in [-0.05, 0) is 24.3 Å². The van der Waals surface area contributed by atoms with Crippen molar-refractivity contribution in [1.29, 1.82) is 0 Å². The third-order valence-electron chi connectivity index (χ3n) is 4.25. The first-order valence-electron chi connectivity index (χ1n) is 9.58. The number of carbonyl (C=O) groups excluding carboxylic acids is 2. The third-order valence-corrected chi connectivity index (χ3v) is 4.25. The summed E-state index contributed by atoms with van der Waals surface area (Å²) in [6.45, 7) is 0. The molecule has 0 heterocycles. The maximum absolute atomic E-state index is 11.9. The maximum atomic E-state index is 11.9. The first-order valence-corrected chi connectivity index (χ1v) is 9.58. The standard InChI is InChI=1S/C22H26N4O6/c1-29-17-7-5-15(19(11-17)31-3)13-23-25-21(27)9-10-22(28)26-24-14-16-6-8-18(30-2)12-20(16)32-4/h5-8,11-14H,9-10H2,1-4H3,(H,25,27)(H,26,28)/b23-13+,24-14+. The highest BCUT2D eigenvalue weighted by Crippen LogP contribution is 2.23. The van der Waals surface area contributed by atoms with Crippen molar-refractivity contribution in [3.05, 3.63) is 47.5 Å². The predicted octanol–water partition coefficient (Wildman–Crippen LogP) is 2.10. The van der Waals surface area contributed by atoms with Gasteiger partial charge in [0.05, 0.1) is 40.9 Å². The largest absolute Gasteiger partial charge is 0.497 e. The van der Waals surface area contributed by atoms with E-state index in [0.29, 0.717) is 34.1 Å². The summed E-state index contributed by atoms with van der Waals surface area (Å²) in [4.78, 5) is 23.8. The van der Waals surface area contributed by atoms with Crippen LogP contribution in [-0.2, 0) is 9.59 Å². The Morgan fingerprint density at radius 3 is 1.47 bits per heavy atom. The molecule has 2 amide bonds. The Kier molecular flexibility index (Phi) is 9.51. The zero-order valence-corrected chi connectivity index (χ0v) is 18.4. The minimum atomic E-state index is -0.412. The Hall–Kier alpha value is -4.08. The van der Waals surface area contributed by atoms with Gasteiger partial charge in [-0.25, -0.2) is 10.9 Å². The van der Waals surface area contributed by atoms with Crippen LogP contribution < -0.4 is 29.8 Å². The summed E-state index contributed by atoms with van der Waals surface area (Å²) in [6, 6.07) is 10.4. The number of ether oxygens (including phenoxy) is 4. The number of hydrogen-bond donors (Lipinski definition) is 2. The molecule has 0 saturated carbocycles. The van der Waals surface area contributed by atoms with Crippen molar-refractivity contribution in [2.45, 2.75) is 12.8 Å². The molecule has 0 aromatic heterocycles. The van der Waals surface area contributed by atoms with E-state index >= 15 is 0 Å². The highest BCUT2D eigenvalue weighted by atomic mass is 16.5. The van der Waals surface area contributed by atoms with Gasteiger partial charge in [0.1, 0.15) is 23.0 Å². The van der Waals surface area contributed by atoms with Crippen molar-refractivity contribution >= 4 is 24.2 Å².